The molecule has 2 aromatic rings. The van der Waals surface area contributed by atoms with Gasteiger partial charge in [0.25, 0.3) is 0 Å². The number of benzene rings is 2. The molecule has 2 aliphatic rings. The molecule has 6 nitrogen and oxygen atoms in total. The molecule has 28 heavy (non-hydrogen) atoms. The van der Waals surface area contributed by atoms with Crippen LogP contribution in [-0.4, -0.2) is 38.9 Å². The molecule has 150 valence electrons. The van der Waals surface area contributed by atoms with Crippen LogP contribution >= 0.6 is 24.0 Å². The number of nitrogens with one attached hydrogen (secondary N) is 1. The Hall–Kier alpha value is -2.00. The van der Waals surface area contributed by atoms with E-state index in [4.69, 9.17) is 15.2 Å². The molecule has 0 spiro atoms. The largest absolute Gasteiger partial charge is 0.493 e. The van der Waals surface area contributed by atoms with E-state index in [2.05, 4.69) is 39.5 Å². The van der Waals surface area contributed by atoms with Crippen LogP contribution in [0.5, 0.6) is 5.75 Å². The quantitative estimate of drug-likeness (QED) is 0.389. The van der Waals surface area contributed by atoms with Gasteiger partial charge in [-0.05, 0) is 17.7 Å². The molecule has 0 radical (unpaired) electrons. The molecule has 7 heteroatoms. The van der Waals surface area contributed by atoms with Gasteiger partial charge in [0.2, 0.25) is 0 Å². The van der Waals surface area contributed by atoms with Crippen molar-refractivity contribution in [3.05, 3.63) is 59.7 Å². The minimum Gasteiger partial charge on any atom is -0.493 e. The van der Waals surface area contributed by atoms with E-state index in [0.29, 0.717) is 19.1 Å². The summed E-state index contributed by atoms with van der Waals surface area (Å²) in [6.07, 6.45) is 0.873. The summed E-state index contributed by atoms with van der Waals surface area (Å²) in [7, 11) is 0. The monoisotopic (exact) mass is 494 g/mol. The molecular weight excluding hydrogens is 467 g/mol. The molecule has 0 aliphatic carbocycles. The van der Waals surface area contributed by atoms with Gasteiger partial charge >= 0.3 is 0 Å². The van der Waals surface area contributed by atoms with Gasteiger partial charge in [0.1, 0.15) is 5.75 Å². The Morgan fingerprint density at radius 1 is 1.07 bits per heavy atom. The SMILES string of the molecule is I.NC(=NCc1ccccc1N1CCOCC1)NC1CCOc2ccccc21. The molecule has 0 aromatic heterocycles. The first-order valence-electron chi connectivity index (χ1n) is 9.50. The van der Waals surface area contributed by atoms with Crippen molar-refractivity contribution in [3.63, 3.8) is 0 Å². The van der Waals surface area contributed by atoms with Crippen LogP contribution in [0.1, 0.15) is 23.6 Å². The highest BCUT2D eigenvalue weighted by atomic mass is 127. The third kappa shape index (κ3) is 4.88. The fourth-order valence-corrected chi connectivity index (χ4v) is 3.64. The van der Waals surface area contributed by atoms with Gasteiger partial charge in [-0.1, -0.05) is 36.4 Å². The van der Waals surface area contributed by atoms with E-state index in [1.807, 2.05) is 24.3 Å². The molecule has 0 amide bonds. The molecule has 2 aromatic carbocycles. The van der Waals surface area contributed by atoms with Gasteiger partial charge in [0.05, 0.1) is 32.4 Å². The van der Waals surface area contributed by atoms with E-state index >= 15 is 0 Å². The molecule has 1 atom stereocenters. The third-order valence-corrected chi connectivity index (χ3v) is 5.04. The number of morpholine rings is 1. The van der Waals surface area contributed by atoms with Gasteiger partial charge < -0.3 is 25.4 Å². The maximum atomic E-state index is 6.20. The third-order valence-electron chi connectivity index (χ3n) is 5.04. The highest BCUT2D eigenvalue weighted by molar-refractivity contribution is 14.0. The van der Waals surface area contributed by atoms with Crippen molar-refractivity contribution in [3.8, 4) is 5.75 Å². The first-order valence-corrected chi connectivity index (χ1v) is 9.50. The Kier molecular flexibility index (Phi) is 7.38. The molecule has 0 saturated carbocycles. The highest BCUT2D eigenvalue weighted by Gasteiger charge is 2.21. The fraction of sp³-hybridized carbons (Fsp3) is 0.381. The number of ether oxygens (including phenoxy) is 2. The molecule has 1 fully saturated rings. The summed E-state index contributed by atoms with van der Waals surface area (Å²) in [6, 6.07) is 16.6. The smallest absolute Gasteiger partial charge is 0.189 e. The average Bonchev–Trinajstić information content (AvgIpc) is 2.73. The second-order valence-corrected chi connectivity index (χ2v) is 6.80. The fourth-order valence-electron chi connectivity index (χ4n) is 3.64. The minimum atomic E-state index is 0. The topological polar surface area (TPSA) is 72.1 Å². The van der Waals surface area contributed by atoms with Crippen molar-refractivity contribution in [2.75, 3.05) is 37.8 Å². The molecule has 3 N–H and O–H groups in total. The van der Waals surface area contributed by atoms with Gasteiger partial charge in [-0.15, -0.1) is 24.0 Å². The molecular formula is C21H27IN4O2. The first kappa shape index (κ1) is 20.7. The Morgan fingerprint density at radius 2 is 1.82 bits per heavy atom. The standard InChI is InChI=1S/C21H26N4O2.HI/c22-21(24-18-9-12-27-20-8-4-2-6-17(18)20)23-15-16-5-1-3-7-19(16)25-10-13-26-14-11-25;/h1-8,18H,9-15H2,(H3,22,23,24);1H. The van der Waals surface area contributed by atoms with E-state index in [0.717, 1.165) is 44.0 Å². The number of aliphatic imine (C=N–C) groups is 1. The van der Waals surface area contributed by atoms with Crippen LogP contribution in [0.25, 0.3) is 0 Å². The molecule has 2 heterocycles. The second kappa shape index (κ2) is 9.97. The Morgan fingerprint density at radius 3 is 2.68 bits per heavy atom. The van der Waals surface area contributed by atoms with Crippen LogP contribution < -0.4 is 20.7 Å². The number of rotatable bonds is 4. The Bertz CT molecular complexity index is 808. The summed E-state index contributed by atoms with van der Waals surface area (Å²) in [4.78, 5) is 6.96. The summed E-state index contributed by atoms with van der Waals surface area (Å²) in [5.41, 5.74) is 9.73. The molecule has 1 saturated heterocycles. The van der Waals surface area contributed by atoms with Gasteiger partial charge in [-0.25, -0.2) is 4.99 Å². The number of anilines is 1. The van der Waals surface area contributed by atoms with Crippen molar-refractivity contribution in [2.45, 2.75) is 19.0 Å². The lowest BCUT2D eigenvalue weighted by Gasteiger charge is -2.30. The summed E-state index contributed by atoms with van der Waals surface area (Å²) in [5.74, 6) is 1.39. The maximum absolute atomic E-state index is 6.20. The van der Waals surface area contributed by atoms with E-state index in [1.165, 1.54) is 11.3 Å². The lowest BCUT2D eigenvalue weighted by atomic mass is 10.0. The zero-order valence-corrected chi connectivity index (χ0v) is 18.2. The van der Waals surface area contributed by atoms with Gasteiger partial charge in [0, 0.05) is 30.8 Å². The number of hydrogen-bond donors (Lipinski definition) is 2. The number of fused-ring (bicyclic) bond motifs is 1. The predicted octanol–water partition coefficient (Wildman–Crippen LogP) is 3.07. The number of nitrogens with two attached hydrogens (primary N) is 1. The van der Waals surface area contributed by atoms with Crippen molar-refractivity contribution in [1.29, 1.82) is 0 Å². The average molecular weight is 494 g/mol. The summed E-state index contributed by atoms with van der Waals surface area (Å²) in [5, 5.41) is 3.36. The van der Waals surface area contributed by atoms with Gasteiger partial charge in [-0.3, -0.25) is 0 Å². The second-order valence-electron chi connectivity index (χ2n) is 6.80. The van der Waals surface area contributed by atoms with E-state index < -0.39 is 0 Å². The predicted molar refractivity (Wildman–Crippen MR) is 123 cm³/mol. The van der Waals surface area contributed by atoms with Crippen molar-refractivity contribution >= 4 is 35.6 Å². The molecule has 1 unspecified atom stereocenters. The van der Waals surface area contributed by atoms with Crippen LogP contribution in [0.4, 0.5) is 5.69 Å². The molecule has 4 rings (SSSR count). The first-order chi connectivity index (χ1) is 13.3. The van der Waals surface area contributed by atoms with Gasteiger partial charge in [-0.2, -0.15) is 0 Å². The lowest BCUT2D eigenvalue weighted by molar-refractivity contribution is 0.122. The zero-order valence-electron chi connectivity index (χ0n) is 15.8. The number of nitrogens with zero attached hydrogens (tertiary/aromatic N) is 2. The minimum absolute atomic E-state index is 0. The van der Waals surface area contributed by atoms with E-state index in [1.54, 1.807) is 0 Å². The van der Waals surface area contributed by atoms with Crippen LogP contribution in [0.15, 0.2) is 53.5 Å². The van der Waals surface area contributed by atoms with Crippen molar-refractivity contribution in [1.82, 2.24) is 5.32 Å². The number of hydrogen-bond acceptors (Lipinski definition) is 4. The summed E-state index contributed by atoms with van der Waals surface area (Å²) < 4.78 is 11.2. The summed E-state index contributed by atoms with van der Waals surface area (Å²) >= 11 is 0. The van der Waals surface area contributed by atoms with Crippen LogP contribution in [-0.2, 0) is 11.3 Å². The lowest BCUT2D eigenvalue weighted by Crippen LogP contribution is -2.37. The normalized spacial score (nSPS) is 19.2. The zero-order chi connectivity index (χ0) is 18.5. The van der Waals surface area contributed by atoms with Crippen LogP contribution in [0.2, 0.25) is 0 Å². The van der Waals surface area contributed by atoms with Crippen LogP contribution in [0, 0.1) is 0 Å². The number of guanidine groups is 1. The van der Waals surface area contributed by atoms with Crippen molar-refractivity contribution < 1.29 is 9.47 Å². The van der Waals surface area contributed by atoms with Crippen molar-refractivity contribution in [2.24, 2.45) is 10.7 Å². The summed E-state index contributed by atoms with van der Waals surface area (Å²) in [6.45, 7) is 4.59. The van der Waals surface area contributed by atoms with Crippen LogP contribution in [0.3, 0.4) is 0 Å². The number of halogens is 1. The Labute approximate surface area is 183 Å². The van der Waals surface area contributed by atoms with Gasteiger partial charge in [0.15, 0.2) is 5.96 Å². The molecule has 2 aliphatic heterocycles. The van der Waals surface area contributed by atoms with E-state index in [9.17, 15) is 0 Å². The maximum Gasteiger partial charge on any atom is 0.189 e. The highest BCUT2D eigenvalue weighted by Crippen LogP contribution is 2.31. The van der Waals surface area contributed by atoms with E-state index in [-0.39, 0.29) is 30.0 Å². The number of para-hydroxylation sites is 2. The molecule has 0 bridgehead atoms. The Balaban J connectivity index is 0.00000225.